The lowest BCUT2D eigenvalue weighted by Gasteiger charge is -2.19. The van der Waals surface area contributed by atoms with Crippen LogP contribution in [-0.4, -0.2) is 55.4 Å². The van der Waals surface area contributed by atoms with Gasteiger partial charge in [0.1, 0.15) is 12.0 Å². The molecule has 0 radical (unpaired) electrons. The molecule has 0 saturated heterocycles. The average Bonchev–Trinajstić information content (AvgIpc) is 2.48. The molecule has 3 amide bonds. The molecule has 7 nitrogen and oxygen atoms in total. The number of nitrogens with zero attached hydrogens (tertiary/aromatic N) is 2. The van der Waals surface area contributed by atoms with E-state index in [2.05, 4.69) is 4.72 Å². The molecule has 118 valence electrons. The molecular formula is C13H15FN3O4S+. The summed E-state index contributed by atoms with van der Waals surface area (Å²) in [7, 11) is -1.43. The van der Waals surface area contributed by atoms with Crippen molar-refractivity contribution in [3.63, 3.8) is 0 Å². The van der Waals surface area contributed by atoms with Crippen molar-refractivity contribution >= 4 is 28.2 Å². The fourth-order valence-electron chi connectivity index (χ4n) is 1.94. The molecule has 1 aliphatic rings. The number of sulfonamides is 1. The number of carbonyl (C=O) groups excluding carboxylic acids is 2. The highest BCUT2D eigenvalue weighted by Gasteiger charge is 2.45. The summed E-state index contributed by atoms with van der Waals surface area (Å²) in [5.74, 6) is -1.25. The van der Waals surface area contributed by atoms with Crippen LogP contribution in [0.25, 0.3) is 0 Å². The molecule has 22 heavy (non-hydrogen) atoms. The highest BCUT2D eigenvalue weighted by molar-refractivity contribution is 7.91. The van der Waals surface area contributed by atoms with Crippen molar-refractivity contribution in [2.75, 3.05) is 14.1 Å². The second-order valence-corrected chi connectivity index (χ2v) is 6.74. The van der Waals surface area contributed by atoms with Gasteiger partial charge in [-0.25, -0.2) is 26.9 Å². The third kappa shape index (κ3) is 3.20. The molecular weight excluding hydrogens is 313 g/mol. The van der Waals surface area contributed by atoms with Crippen LogP contribution in [0.5, 0.6) is 0 Å². The van der Waals surface area contributed by atoms with Gasteiger partial charge < -0.3 is 0 Å². The molecule has 0 bridgehead atoms. The Morgan fingerprint density at radius 3 is 2.45 bits per heavy atom. The van der Waals surface area contributed by atoms with Crippen molar-refractivity contribution in [2.45, 2.75) is 11.8 Å². The fraction of sp³-hybridized carbons (Fsp3) is 0.308. The van der Waals surface area contributed by atoms with Crippen LogP contribution in [0, 0.1) is 5.82 Å². The van der Waals surface area contributed by atoms with Crippen LogP contribution < -0.4 is 4.72 Å². The number of hydrogen-bond donors (Lipinski definition) is 1. The Labute approximate surface area is 127 Å². The van der Waals surface area contributed by atoms with E-state index < -0.39 is 33.0 Å². The van der Waals surface area contributed by atoms with Crippen molar-refractivity contribution in [1.29, 1.82) is 0 Å². The number of carbonyl (C=O) groups is 2. The summed E-state index contributed by atoms with van der Waals surface area (Å²) < 4.78 is 40.6. The third-order valence-corrected chi connectivity index (χ3v) is 4.79. The van der Waals surface area contributed by atoms with E-state index in [9.17, 15) is 22.4 Å². The maximum atomic E-state index is 12.8. The number of amides is 3. The Bertz CT molecular complexity index is 743. The lowest BCUT2D eigenvalue weighted by atomic mass is 10.2. The van der Waals surface area contributed by atoms with Crippen molar-refractivity contribution in [1.82, 2.24) is 9.62 Å². The monoisotopic (exact) mass is 328 g/mol. The lowest BCUT2D eigenvalue weighted by molar-refractivity contribution is -0.399. The topological polar surface area (TPSA) is 86.6 Å². The average molecular weight is 328 g/mol. The zero-order valence-corrected chi connectivity index (χ0v) is 12.8. The smallest absolute Gasteiger partial charge is 0.245 e. The molecule has 0 aromatic heterocycles. The van der Waals surface area contributed by atoms with Crippen LogP contribution in [0.3, 0.4) is 0 Å². The summed E-state index contributed by atoms with van der Waals surface area (Å²) in [6.07, 6.45) is 1.05. The van der Waals surface area contributed by atoms with Gasteiger partial charge in [0, 0.05) is 6.54 Å². The molecule has 1 heterocycles. The number of urea groups is 1. The first-order valence-corrected chi connectivity index (χ1v) is 7.89. The molecule has 9 heteroatoms. The minimum Gasteiger partial charge on any atom is -0.245 e. The van der Waals surface area contributed by atoms with Crippen LogP contribution in [0.15, 0.2) is 24.3 Å². The van der Waals surface area contributed by atoms with E-state index in [1.807, 2.05) is 0 Å². The normalized spacial score (nSPS) is 19.3. The van der Waals surface area contributed by atoms with Gasteiger partial charge in [-0.1, -0.05) is 12.1 Å². The Balaban J connectivity index is 2.18. The zero-order valence-electron chi connectivity index (χ0n) is 12.0. The van der Waals surface area contributed by atoms with E-state index in [1.165, 1.54) is 38.4 Å². The predicted molar refractivity (Wildman–Crippen MR) is 76.4 cm³/mol. The molecule has 0 saturated carbocycles. The molecule has 1 aromatic rings. The number of benzene rings is 1. The van der Waals surface area contributed by atoms with Gasteiger partial charge in [0.2, 0.25) is 15.3 Å². The van der Waals surface area contributed by atoms with E-state index in [-0.39, 0.29) is 6.54 Å². The first-order chi connectivity index (χ1) is 10.2. The summed E-state index contributed by atoms with van der Waals surface area (Å²) in [6.45, 7) is -0.0817. The van der Waals surface area contributed by atoms with Crippen LogP contribution >= 0.6 is 0 Å². The highest BCUT2D eigenvalue weighted by Crippen LogP contribution is 2.09. The molecule has 1 aliphatic heterocycles. The maximum absolute atomic E-state index is 12.8. The SMILES string of the molecule is CN1C(=O)C(S(=O)(=O)NCc2ccc(F)cc2)C=[N+](C)C1=O. The van der Waals surface area contributed by atoms with Gasteiger partial charge in [0.05, 0.1) is 14.1 Å². The molecule has 1 unspecified atom stereocenters. The minimum absolute atomic E-state index is 0.0817. The minimum atomic E-state index is -4.01. The second kappa shape index (κ2) is 5.93. The Morgan fingerprint density at radius 1 is 1.27 bits per heavy atom. The van der Waals surface area contributed by atoms with Crippen molar-refractivity contribution in [3.8, 4) is 0 Å². The molecule has 0 fully saturated rings. The van der Waals surface area contributed by atoms with E-state index in [0.29, 0.717) is 5.56 Å². The van der Waals surface area contributed by atoms with E-state index in [0.717, 1.165) is 15.7 Å². The van der Waals surface area contributed by atoms with Gasteiger partial charge in [-0.2, -0.15) is 9.69 Å². The van der Waals surface area contributed by atoms with E-state index in [4.69, 9.17) is 0 Å². The summed E-state index contributed by atoms with van der Waals surface area (Å²) in [4.78, 5) is 24.3. The van der Waals surface area contributed by atoms with Crippen molar-refractivity contribution < 1.29 is 27.0 Å². The quantitative estimate of drug-likeness (QED) is 0.783. The number of halogens is 1. The van der Waals surface area contributed by atoms with Gasteiger partial charge in [-0.3, -0.25) is 0 Å². The van der Waals surface area contributed by atoms with Crippen molar-refractivity contribution in [2.24, 2.45) is 0 Å². The molecule has 0 spiro atoms. The Morgan fingerprint density at radius 2 is 1.86 bits per heavy atom. The van der Waals surface area contributed by atoms with Gasteiger partial charge >= 0.3 is 11.9 Å². The first-order valence-electron chi connectivity index (χ1n) is 6.34. The number of hydrogen-bond acceptors (Lipinski definition) is 4. The number of nitrogens with one attached hydrogen (secondary N) is 1. The third-order valence-electron chi connectivity index (χ3n) is 3.25. The van der Waals surface area contributed by atoms with Gasteiger partial charge in [0.25, 0.3) is 0 Å². The summed E-state index contributed by atoms with van der Waals surface area (Å²) in [5.41, 5.74) is 0.547. The Hall–Kier alpha value is -2.13. The lowest BCUT2D eigenvalue weighted by Crippen LogP contribution is -2.55. The second-order valence-electron chi connectivity index (χ2n) is 4.85. The summed E-state index contributed by atoms with van der Waals surface area (Å²) >= 11 is 0. The van der Waals surface area contributed by atoms with Crippen LogP contribution in [0.1, 0.15) is 5.56 Å². The van der Waals surface area contributed by atoms with Crippen LogP contribution in [-0.2, 0) is 21.4 Å². The molecule has 1 N–H and O–H groups in total. The zero-order chi connectivity index (χ0) is 16.5. The van der Waals surface area contributed by atoms with Gasteiger partial charge in [0.15, 0.2) is 0 Å². The summed E-state index contributed by atoms with van der Waals surface area (Å²) in [5, 5.41) is -1.49. The first kappa shape index (κ1) is 16.2. The van der Waals surface area contributed by atoms with Crippen LogP contribution in [0.2, 0.25) is 0 Å². The summed E-state index contributed by atoms with van der Waals surface area (Å²) in [6, 6.07) is 4.69. The number of imide groups is 1. The standard InChI is InChI=1S/C13H15FN3O4S/c1-16-8-11(12(18)17(2)13(16)19)22(20,21)15-7-9-3-5-10(14)6-4-9/h3-6,8,11,15H,7H2,1-2H3/q+1. The largest absolute Gasteiger partial charge is 0.500 e. The fourth-order valence-corrected chi connectivity index (χ4v) is 3.25. The van der Waals surface area contributed by atoms with Crippen molar-refractivity contribution in [3.05, 3.63) is 35.6 Å². The van der Waals surface area contributed by atoms with E-state index in [1.54, 1.807) is 0 Å². The maximum Gasteiger partial charge on any atom is 0.500 e. The molecule has 1 atom stereocenters. The van der Waals surface area contributed by atoms with Gasteiger partial charge in [-0.15, -0.1) is 0 Å². The highest BCUT2D eigenvalue weighted by atomic mass is 32.2. The Kier molecular flexibility index (Phi) is 4.38. The van der Waals surface area contributed by atoms with E-state index >= 15 is 0 Å². The van der Waals surface area contributed by atoms with Crippen LogP contribution in [0.4, 0.5) is 9.18 Å². The number of rotatable bonds is 4. The molecule has 0 aliphatic carbocycles. The molecule has 1 aromatic carbocycles. The molecule has 2 rings (SSSR count). The van der Waals surface area contributed by atoms with Gasteiger partial charge in [-0.05, 0) is 17.7 Å². The predicted octanol–water partition coefficient (Wildman–Crippen LogP) is -0.0812.